The molecule has 15 heavy (non-hydrogen) atoms. The molecule has 0 unspecified atom stereocenters. The lowest BCUT2D eigenvalue weighted by Crippen LogP contribution is -2.39. The van der Waals surface area contributed by atoms with E-state index in [4.69, 9.17) is 5.11 Å². The van der Waals surface area contributed by atoms with Gasteiger partial charge in [0.25, 0.3) is 0 Å². The van der Waals surface area contributed by atoms with Gasteiger partial charge in [-0.25, -0.2) is 9.67 Å². The molecule has 0 aromatic carbocycles. The van der Waals surface area contributed by atoms with Crippen LogP contribution in [0.15, 0.2) is 12.7 Å². The summed E-state index contributed by atoms with van der Waals surface area (Å²) >= 11 is 0. The summed E-state index contributed by atoms with van der Waals surface area (Å²) in [5.41, 5.74) is 0. The standard InChI is InChI=1S/C9H14N4O2/c14-8-1-7(2-8)3-11-9(15)4-13-6-10-5-12-13/h5-8,14H,1-4H2,(H,11,15). The highest BCUT2D eigenvalue weighted by atomic mass is 16.3. The van der Waals surface area contributed by atoms with Crippen molar-refractivity contribution in [3.05, 3.63) is 12.7 Å². The molecular weight excluding hydrogens is 196 g/mol. The van der Waals surface area contributed by atoms with Crippen molar-refractivity contribution in [3.63, 3.8) is 0 Å². The smallest absolute Gasteiger partial charge is 0.241 e. The number of carbonyl (C=O) groups excluding carboxylic acids is 1. The number of hydrogen-bond acceptors (Lipinski definition) is 4. The summed E-state index contributed by atoms with van der Waals surface area (Å²) < 4.78 is 1.48. The number of rotatable bonds is 4. The molecule has 2 N–H and O–H groups in total. The zero-order chi connectivity index (χ0) is 10.7. The van der Waals surface area contributed by atoms with Crippen LogP contribution in [0.2, 0.25) is 0 Å². The maximum Gasteiger partial charge on any atom is 0.241 e. The summed E-state index contributed by atoms with van der Waals surface area (Å²) in [4.78, 5) is 15.1. The van der Waals surface area contributed by atoms with E-state index in [9.17, 15) is 4.79 Å². The second-order valence-corrected chi connectivity index (χ2v) is 3.89. The number of nitrogens with zero attached hydrogens (tertiary/aromatic N) is 3. The first kappa shape index (κ1) is 10.1. The minimum atomic E-state index is -0.165. The molecule has 1 aromatic heterocycles. The van der Waals surface area contributed by atoms with Crippen molar-refractivity contribution in [2.75, 3.05) is 6.54 Å². The predicted octanol–water partition coefficient (Wildman–Crippen LogP) is -0.835. The van der Waals surface area contributed by atoms with Gasteiger partial charge in [0.1, 0.15) is 19.2 Å². The van der Waals surface area contributed by atoms with E-state index in [1.54, 1.807) is 0 Å². The minimum Gasteiger partial charge on any atom is -0.393 e. The van der Waals surface area contributed by atoms with Gasteiger partial charge in [0.05, 0.1) is 6.10 Å². The van der Waals surface area contributed by atoms with Gasteiger partial charge in [0.15, 0.2) is 0 Å². The molecule has 1 fully saturated rings. The molecule has 0 radical (unpaired) electrons. The zero-order valence-electron chi connectivity index (χ0n) is 8.33. The summed E-state index contributed by atoms with van der Waals surface area (Å²) in [6.07, 6.45) is 4.33. The Hall–Kier alpha value is -1.43. The Morgan fingerprint density at radius 1 is 1.60 bits per heavy atom. The van der Waals surface area contributed by atoms with E-state index < -0.39 is 0 Å². The lowest BCUT2D eigenvalue weighted by atomic mass is 9.82. The number of aliphatic hydroxyl groups is 1. The van der Waals surface area contributed by atoms with Crippen LogP contribution in [0.3, 0.4) is 0 Å². The van der Waals surface area contributed by atoms with Gasteiger partial charge in [-0.15, -0.1) is 0 Å². The van der Waals surface area contributed by atoms with Crippen molar-refractivity contribution in [3.8, 4) is 0 Å². The molecule has 1 aromatic rings. The number of nitrogens with one attached hydrogen (secondary N) is 1. The van der Waals surface area contributed by atoms with Crippen molar-refractivity contribution in [1.82, 2.24) is 20.1 Å². The first-order chi connectivity index (χ1) is 7.24. The molecule has 0 aliphatic heterocycles. The van der Waals surface area contributed by atoms with Crippen LogP contribution in [0.4, 0.5) is 0 Å². The molecule has 0 saturated heterocycles. The van der Waals surface area contributed by atoms with Gasteiger partial charge in [-0.1, -0.05) is 0 Å². The van der Waals surface area contributed by atoms with Gasteiger partial charge in [-0.05, 0) is 18.8 Å². The second kappa shape index (κ2) is 4.39. The van der Waals surface area contributed by atoms with Gasteiger partial charge in [-0.3, -0.25) is 4.79 Å². The van der Waals surface area contributed by atoms with Crippen LogP contribution in [-0.2, 0) is 11.3 Å². The third-order valence-electron chi connectivity index (χ3n) is 2.57. The van der Waals surface area contributed by atoms with Crippen LogP contribution in [0.25, 0.3) is 0 Å². The maximum atomic E-state index is 11.4. The van der Waals surface area contributed by atoms with E-state index in [0.717, 1.165) is 12.8 Å². The van der Waals surface area contributed by atoms with E-state index in [1.807, 2.05) is 0 Å². The third-order valence-corrected chi connectivity index (χ3v) is 2.57. The van der Waals surface area contributed by atoms with Crippen LogP contribution in [0, 0.1) is 5.92 Å². The fourth-order valence-electron chi connectivity index (χ4n) is 1.64. The van der Waals surface area contributed by atoms with Gasteiger partial charge < -0.3 is 10.4 Å². The van der Waals surface area contributed by atoms with E-state index >= 15 is 0 Å². The fraction of sp³-hybridized carbons (Fsp3) is 0.667. The molecule has 1 aliphatic carbocycles. The first-order valence-electron chi connectivity index (χ1n) is 5.01. The Bertz CT molecular complexity index is 319. The summed E-state index contributed by atoms with van der Waals surface area (Å²) in [6.45, 7) is 0.847. The van der Waals surface area contributed by atoms with Crippen LogP contribution in [-0.4, -0.2) is 38.4 Å². The topological polar surface area (TPSA) is 80.0 Å². The highest BCUT2D eigenvalue weighted by molar-refractivity contribution is 5.75. The Kier molecular flexibility index (Phi) is 2.96. The molecule has 0 bridgehead atoms. The van der Waals surface area contributed by atoms with Crippen molar-refractivity contribution in [2.45, 2.75) is 25.5 Å². The molecule has 1 saturated carbocycles. The highest BCUT2D eigenvalue weighted by Crippen LogP contribution is 2.25. The lowest BCUT2D eigenvalue weighted by molar-refractivity contribution is -0.122. The minimum absolute atomic E-state index is 0.0677. The SMILES string of the molecule is O=C(Cn1cncn1)NCC1CC(O)C1. The maximum absolute atomic E-state index is 11.4. The number of aromatic nitrogens is 3. The Morgan fingerprint density at radius 3 is 3.00 bits per heavy atom. The van der Waals surface area contributed by atoms with Crippen molar-refractivity contribution in [1.29, 1.82) is 0 Å². The molecule has 2 rings (SSSR count). The number of carbonyl (C=O) groups is 1. The summed E-state index contributed by atoms with van der Waals surface area (Å²) in [6, 6.07) is 0. The van der Waals surface area contributed by atoms with E-state index in [1.165, 1.54) is 17.3 Å². The number of amides is 1. The molecule has 0 atom stereocenters. The Balaban J connectivity index is 1.65. The lowest BCUT2D eigenvalue weighted by Gasteiger charge is -2.31. The molecule has 1 heterocycles. The molecule has 82 valence electrons. The van der Waals surface area contributed by atoms with Crippen LogP contribution >= 0.6 is 0 Å². The van der Waals surface area contributed by atoms with E-state index in [0.29, 0.717) is 12.5 Å². The van der Waals surface area contributed by atoms with E-state index in [-0.39, 0.29) is 18.6 Å². The molecule has 1 amide bonds. The van der Waals surface area contributed by atoms with Crippen molar-refractivity contribution < 1.29 is 9.90 Å². The molecule has 0 spiro atoms. The van der Waals surface area contributed by atoms with Gasteiger partial charge in [0, 0.05) is 6.54 Å². The molecule has 6 heteroatoms. The van der Waals surface area contributed by atoms with Crippen molar-refractivity contribution in [2.24, 2.45) is 5.92 Å². The average molecular weight is 210 g/mol. The Morgan fingerprint density at radius 2 is 2.40 bits per heavy atom. The second-order valence-electron chi connectivity index (χ2n) is 3.89. The van der Waals surface area contributed by atoms with Crippen LogP contribution in [0.1, 0.15) is 12.8 Å². The van der Waals surface area contributed by atoms with Crippen molar-refractivity contribution >= 4 is 5.91 Å². The summed E-state index contributed by atoms with van der Waals surface area (Å²) in [5.74, 6) is 0.363. The van der Waals surface area contributed by atoms with Gasteiger partial charge in [0.2, 0.25) is 5.91 Å². The largest absolute Gasteiger partial charge is 0.393 e. The van der Waals surface area contributed by atoms with Crippen LogP contribution in [0.5, 0.6) is 0 Å². The number of hydrogen-bond donors (Lipinski definition) is 2. The van der Waals surface area contributed by atoms with Gasteiger partial charge in [-0.2, -0.15) is 5.10 Å². The van der Waals surface area contributed by atoms with E-state index in [2.05, 4.69) is 15.4 Å². The molecule has 6 nitrogen and oxygen atoms in total. The Labute approximate surface area is 87.3 Å². The summed E-state index contributed by atoms with van der Waals surface area (Å²) in [5, 5.41) is 15.7. The fourth-order valence-corrected chi connectivity index (χ4v) is 1.64. The quantitative estimate of drug-likeness (QED) is 0.679. The van der Waals surface area contributed by atoms with Crippen LogP contribution < -0.4 is 5.32 Å². The third kappa shape index (κ3) is 2.76. The highest BCUT2D eigenvalue weighted by Gasteiger charge is 2.27. The predicted molar refractivity (Wildman–Crippen MR) is 51.8 cm³/mol. The first-order valence-corrected chi connectivity index (χ1v) is 5.01. The number of aliphatic hydroxyl groups excluding tert-OH is 1. The zero-order valence-corrected chi connectivity index (χ0v) is 8.33. The van der Waals surface area contributed by atoms with Gasteiger partial charge >= 0.3 is 0 Å². The normalized spacial score (nSPS) is 24.6. The monoisotopic (exact) mass is 210 g/mol. The summed E-state index contributed by atoms with van der Waals surface area (Å²) in [7, 11) is 0. The average Bonchev–Trinajstić information content (AvgIpc) is 2.63. The molecular formula is C9H14N4O2. The molecule has 1 aliphatic rings.